The second-order valence-corrected chi connectivity index (χ2v) is 10.4. The highest BCUT2D eigenvalue weighted by molar-refractivity contribution is 6.10. The molecular formula is C34H36N2O7. The van der Waals surface area contributed by atoms with Gasteiger partial charge in [-0.25, -0.2) is 0 Å². The van der Waals surface area contributed by atoms with Crippen LogP contribution < -0.4 is 34.3 Å². The molecule has 43 heavy (non-hydrogen) atoms. The van der Waals surface area contributed by atoms with Crippen LogP contribution in [0.5, 0.6) is 28.7 Å². The summed E-state index contributed by atoms with van der Waals surface area (Å²) in [5.74, 6) is 1.72. The van der Waals surface area contributed by atoms with Crippen molar-refractivity contribution in [2.45, 2.75) is 31.6 Å². The number of hydrogen-bond acceptors (Lipinski definition) is 8. The molecule has 0 saturated heterocycles. The van der Waals surface area contributed by atoms with E-state index in [0.29, 0.717) is 63.3 Å². The third-order valence-corrected chi connectivity index (χ3v) is 8.06. The number of ether oxygens (including phenoxy) is 5. The molecule has 0 spiro atoms. The normalized spacial score (nSPS) is 18.0. The largest absolute Gasteiger partial charge is 0.497 e. The minimum absolute atomic E-state index is 0.0495. The van der Waals surface area contributed by atoms with Crippen LogP contribution in [0.15, 0.2) is 83.2 Å². The summed E-state index contributed by atoms with van der Waals surface area (Å²) in [5, 5.41) is 6.43. The smallest absolute Gasteiger partial charge is 0.254 e. The molecule has 0 saturated carbocycles. The number of Topliss-reactive ketones (excluding diaryl/α,β-unsaturated/α-hetero) is 1. The Morgan fingerprint density at radius 3 is 2.21 bits per heavy atom. The summed E-state index contributed by atoms with van der Waals surface area (Å²) in [6, 6.07) is 18.4. The monoisotopic (exact) mass is 584 g/mol. The van der Waals surface area contributed by atoms with Crippen molar-refractivity contribution in [3.63, 3.8) is 0 Å². The van der Waals surface area contributed by atoms with Gasteiger partial charge in [0.2, 0.25) is 0 Å². The van der Waals surface area contributed by atoms with Crippen molar-refractivity contribution in [1.29, 1.82) is 0 Å². The van der Waals surface area contributed by atoms with Crippen molar-refractivity contribution < 1.29 is 33.3 Å². The van der Waals surface area contributed by atoms with E-state index in [1.54, 1.807) is 53.7 Å². The number of benzene rings is 3. The minimum atomic E-state index is -0.675. The van der Waals surface area contributed by atoms with E-state index in [1.807, 2.05) is 49.4 Å². The predicted octanol–water partition coefficient (Wildman–Crippen LogP) is 5.73. The van der Waals surface area contributed by atoms with Gasteiger partial charge in [0.25, 0.3) is 5.91 Å². The molecular weight excluding hydrogens is 548 g/mol. The molecule has 1 heterocycles. The third kappa shape index (κ3) is 5.62. The number of hydrogen-bond donors (Lipinski definition) is 2. The molecule has 5 rings (SSSR count). The molecule has 2 aliphatic rings. The molecule has 224 valence electrons. The number of carbonyl (C=O) groups excluding carboxylic acids is 2. The number of anilines is 1. The third-order valence-electron chi connectivity index (χ3n) is 8.06. The molecule has 1 amide bonds. The molecule has 0 fully saturated rings. The first-order valence-electron chi connectivity index (χ1n) is 14.0. The number of allylic oxidation sites excluding steroid dienone is 3. The lowest BCUT2D eigenvalue weighted by atomic mass is 9.71. The second kappa shape index (κ2) is 12.5. The molecule has 3 aromatic carbocycles. The van der Waals surface area contributed by atoms with Gasteiger partial charge >= 0.3 is 0 Å². The molecule has 2 atom stereocenters. The summed E-state index contributed by atoms with van der Waals surface area (Å²) in [5.41, 5.74) is 4.60. The highest BCUT2D eigenvalue weighted by Crippen LogP contribution is 2.49. The summed E-state index contributed by atoms with van der Waals surface area (Å²) >= 11 is 0. The first kappa shape index (κ1) is 29.6. The molecule has 9 nitrogen and oxygen atoms in total. The van der Waals surface area contributed by atoms with E-state index in [4.69, 9.17) is 23.7 Å². The van der Waals surface area contributed by atoms with Gasteiger partial charge in [-0.15, -0.1) is 0 Å². The van der Waals surface area contributed by atoms with Crippen LogP contribution in [0.25, 0.3) is 0 Å². The van der Waals surface area contributed by atoms with Gasteiger partial charge in [0.1, 0.15) is 17.2 Å². The summed E-state index contributed by atoms with van der Waals surface area (Å²) in [7, 11) is 7.88. The lowest BCUT2D eigenvalue weighted by Crippen LogP contribution is -2.37. The zero-order valence-electron chi connectivity index (χ0n) is 25.2. The van der Waals surface area contributed by atoms with E-state index in [0.717, 1.165) is 11.3 Å². The van der Waals surface area contributed by atoms with Gasteiger partial charge in [0.15, 0.2) is 17.3 Å². The number of para-hydroxylation sites is 2. The van der Waals surface area contributed by atoms with Crippen LogP contribution in [0.2, 0.25) is 0 Å². The van der Waals surface area contributed by atoms with Crippen molar-refractivity contribution in [3.05, 3.63) is 94.3 Å². The minimum Gasteiger partial charge on any atom is -0.497 e. The average molecular weight is 585 g/mol. The van der Waals surface area contributed by atoms with E-state index < -0.39 is 5.92 Å². The van der Waals surface area contributed by atoms with Crippen LogP contribution in [0.3, 0.4) is 0 Å². The average Bonchev–Trinajstić information content (AvgIpc) is 3.03. The molecule has 9 heteroatoms. The van der Waals surface area contributed by atoms with E-state index in [1.165, 1.54) is 0 Å². The zero-order chi connectivity index (χ0) is 30.7. The predicted molar refractivity (Wildman–Crippen MR) is 163 cm³/mol. The molecule has 2 N–H and O–H groups in total. The standard InChI is InChI=1S/C34H36N2O7/c1-19-31(34(38)36-24-9-7-8-10-27(24)40-3)32(23-13-12-22(39-2)18-29(23)42-5)33-25(35-19)15-21(16-26(33)37)20-11-14-28(41-4)30(17-20)43-6/h7-14,17-18,21,32,35H,15-16H2,1-6H3,(H,36,38). The van der Waals surface area contributed by atoms with Gasteiger partial charge in [0, 0.05) is 40.6 Å². The van der Waals surface area contributed by atoms with Crippen molar-refractivity contribution in [2.75, 3.05) is 40.9 Å². The van der Waals surface area contributed by atoms with Crippen LogP contribution in [0.1, 0.15) is 42.7 Å². The van der Waals surface area contributed by atoms with E-state index in [9.17, 15) is 9.59 Å². The van der Waals surface area contributed by atoms with E-state index in [-0.39, 0.29) is 24.0 Å². The Labute approximate surface area is 251 Å². The summed E-state index contributed by atoms with van der Waals surface area (Å²) < 4.78 is 27.6. The second-order valence-electron chi connectivity index (χ2n) is 10.4. The van der Waals surface area contributed by atoms with Crippen molar-refractivity contribution >= 4 is 17.4 Å². The summed E-state index contributed by atoms with van der Waals surface area (Å²) in [4.78, 5) is 28.2. The fourth-order valence-corrected chi connectivity index (χ4v) is 5.99. The molecule has 1 aliphatic heterocycles. The fourth-order valence-electron chi connectivity index (χ4n) is 5.99. The van der Waals surface area contributed by atoms with Crippen molar-refractivity contribution in [3.8, 4) is 28.7 Å². The summed E-state index contributed by atoms with van der Waals surface area (Å²) in [6.07, 6.45) is 0.843. The van der Waals surface area contributed by atoms with Gasteiger partial charge in [-0.1, -0.05) is 24.3 Å². The Hall–Kier alpha value is -4.92. The van der Waals surface area contributed by atoms with E-state index in [2.05, 4.69) is 10.6 Å². The number of methoxy groups -OCH3 is 5. The van der Waals surface area contributed by atoms with Crippen molar-refractivity contribution in [2.24, 2.45) is 0 Å². The molecule has 3 aromatic rings. The van der Waals surface area contributed by atoms with Gasteiger partial charge < -0.3 is 34.3 Å². The van der Waals surface area contributed by atoms with Gasteiger partial charge in [-0.3, -0.25) is 9.59 Å². The molecule has 2 unspecified atom stereocenters. The molecule has 0 bridgehead atoms. The summed E-state index contributed by atoms with van der Waals surface area (Å²) in [6.45, 7) is 1.86. The lowest BCUT2D eigenvalue weighted by Gasteiger charge is -2.37. The fraction of sp³-hybridized carbons (Fsp3) is 0.294. The Morgan fingerprint density at radius 2 is 1.51 bits per heavy atom. The SMILES string of the molecule is COc1ccc(C2C(C(=O)Nc3ccccc3OC)=C(C)NC3=C2C(=O)CC(c2ccc(OC)c(OC)c2)C3)c(OC)c1. The van der Waals surface area contributed by atoms with Gasteiger partial charge in [-0.05, 0) is 55.2 Å². The van der Waals surface area contributed by atoms with E-state index >= 15 is 0 Å². The number of ketones is 1. The number of amides is 1. The maximum absolute atomic E-state index is 14.1. The lowest BCUT2D eigenvalue weighted by molar-refractivity contribution is -0.116. The quantitative estimate of drug-likeness (QED) is 0.329. The van der Waals surface area contributed by atoms with Crippen LogP contribution in [-0.4, -0.2) is 47.2 Å². The first-order valence-corrected chi connectivity index (χ1v) is 14.0. The Balaban J connectivity index is 1.60. The topological polar surface area (TPSA) is 104 Å². The molecule has 0 radical (unpaired) electrons. The number of dihydropyridines is 1. The van der Waals surface area contributed by atoms with Gasteiger partial charge in [-0.2, -0.15) is 0 Å². The first-order chi connectivity index (χ1) is 20.8. The number of rotatable bonds is 9. The maximum atomic E-state index is 14.1. The Morgan fingerprint density at radius 1 is 0.791 bits per heavy atom. The van der Waals surface area contributed by atoms with Crippen LogP contribution >= 0.6 is 0 Å². The highest BCUT2D eigenvalue weighted by Gasteiger charge is 2.42. The highest BCUT2D eigenvalue weighted by atomic mass is 16.5. The molecule has 1 aliphatic carbocycles. The van der Waals surface area contributed by atoms with Crippen LogP contribution in [0, 0.1) is 0 Å². The van der Waals surface area contributed by atoms with Crippen molar-refractivity contribution in [1.82, 2.24) is 5.32 Å². The van der Waals surface area contributed by atoms with Crippen LogP contribution in [0.4, 0.5) is 5.69 Å². The van der Waals surface area contributed by atoms with Crippen LogP contribution in [-0.2, 0) is 9.59 Å². The number of nitrogens with one attached hydrogen (secondary N) is 2. The van der Waals surface area contributed by atoms with Gasteiger partial charge in [0.05, 0.1) is 47.2 Å². The maximum Gasteiger partial charge on any atom is 0.254 e. The molecule has 0 aromatic heterocycles. The Bertz CT molecular complexity index is 1620. The zero-order valence-corrected chi connectivity index (χ0v) is 25.2. The Kier molecular flexibility index (Phi) is 8.61. The number of carbonyl (C=O) groups is 2.